The van der Waals surface area contributed by atoms with Crippen LogP contribution in [0, 0.1) is 11.8 Å². The Kier molecular flexibility index (Phi) is 10.1. The monoisotopic (exact) mass is 489 g/mol. The molecule has 1 saturated heterocycles. The van der Waals surface area contributed by atoms with Crippen LogP contribution in [0.15, 0.2) is 30.3 Å². The Labute approximate surface area is 207 Å². The number of aliphatic carboxylic acids is 1. The second-order valence-electron chi connectivity index (χ2n) is 10.2. The third kappa shape index (κ3) is 8.88. The number of nitrogens with one attached hydrogen (secondary N) is 2. The van der Waals surface area contributed by atoms with Crippen molar-refractivity contribution in [1.82, 2.24) is 15.5 Å². The van der Waals surface area contributed by atoms with Gasteiger partial charge in [0.05, 0.1) is 0 Å². The highest BCUT2D eigenvalue weighted by Crippen LogP contribution is 2.21. The van der Waals surface area contributed by atoms with Crippen molar-refractivity contribution in [2.75, 3.05) is 13.1 Å². The molecule has 2 rings (SSSR count). The molecule has 1 aliphatic heterocycles. The van der Waals surface area contributed by atoms with Crippen LogP contribution in [0.3, 0.4) is 0 Å². The maximum atomic E-state index is 13.2. The van der Waals surface area contributed by atoms with Crippen LogP contribution in [-0.2, 0) is 25.5 Å². The van der Waals surface area contributed by atoms with E-state index in [0.717, 1.165) is 5.56 Å². The first-order valence-electron chi connectivity index (χ1n) is 12.3. The third-order valence-corrected chi connectivity index (χ3v) is 6.23. The zero-order chi connectivity index (χ0) is 26.2. The van der Waals surface area contributed by atoms with Gasteiger partial charge in [-0.3, -0.25) is 9.59 Å². The maximum absolute atomic E-state index is 13.2. The number of benzene rings is 1. The standard InChI is InChI=1S/C26H39N3O6/c1-6-17(2)21(28-25(34)35-26(3,4)5)23(31)29-14-12-19(13-15-29)22(30)27-20(24(32)33)16-18-10-8-7-9-11-18/h7-11,17,19-21H,6,12-16H2,1-5H3,(H,27,30)(H,28,34)(H,32,33)/t17?,20-,21-/m0/s1. The number of carboxylic acid groups (broad SMARTS) is 1. The molecule has 1 unspecified atom stereocenters. The number of hydrogen-bond acceptors (Lipinski definition) is 5. The number of carboxylic acids is 1. The highest BCUT2D eigenvalue weighted by atomic mass is 16.6. The topological polar surface area (TPSA) is 125 Å². The highest BCUT2D eigenvalue weighted by molar-refractivity contribution is 5.87. The molecule has 3 atom stereocenters. The van der Waals surface area contributed by atoms with Gasteiger partial charge < -0.3 is 25.4 Å². The van der Waals surface area contributed by atoms with Crippen molar-refractivity contribution in [3.63, 3.8) is 0 Å². The number of piperidine rings is 1. The van der Waals surface area contributed by atoms with E-state index in [1.807, 2.05) is 44.2 Å². The lowest BCUT2D eigenvalue weighted by atomic mass is 9.92. The Hall–Kier alpha value is -3.10. The van der Waals surface area contributed by atoms with Gasteiger partial charge in [-0.05, 0) is 45.1 Å². The number of likely N-dealkylation sites (tertiary alicyclic amines) is 1. The van der Waals surface area contributed by atoms with Gasteiger partial charge in [0.25, 0.3) is 0 Å². The van der Waals surface area contributed by atoms with Gasteiger partial charge in [0.2, 0.25) is 11.8 Å². The molecular weight excluding hydrogens is 450 g/mol. The summed E-state index contributed by atoms with van der Waals surface area (Å²) in [5.41, 5.74) is 0.155. The lowest BCUT2D eigenvalue weighted by Crippen LogP contribution is -2.55. The van der Waals surface area contributed by atoms with E-state index in [1.54, 1.807) is 25.7 Å². The average molecular weight is 490 g/mol. The predicted octanol–water partition coefficient (Wildman–Crippen LogP) is 2.98. The summed E-state index contributed by atoms with van der Waals surface area (Å²) in [6, 6.07) is 7.42. The van der Waals surface area contributed by atoms with Gasteiger partial charge in [0.15, 0.2) is 0 Å². The van der Waals surface area contributed by atoms with Gasteiger partial charge >= 0.3 is 12.1 Å². The molecule has 0 aliphatic carbocycles. The van der Waals surface area contributed by atoms with Crippen LogP contribution in [0.5, 0.6) is 0 Å². The molecule has 1 fully saturated rings. The van der Waals surface area contributed by atoms with Gasteiger partial charge in [0.1, 0.15) is 17.7 Å². The van der Waals surface area contributed by atoms with Crippen LogP contribution in [0.25, 0.3) is 0 Å². The summed E-state index contributed by atoms with van der Waals surface area (Å²) in [4.78, 5) is 51.7. The Balaban J connectivity index is 1.95. The van der Waals surface area contributed by atoms with Crippen molar-refractivity contribution in [1.29, 1.82) is 0 Å². The van der Waals surface area contributed by atoms with Crippen LogP contribution >= 0.6 is 0 Å². The summed E-state index contributed by atoms with van der Waals surface area (Å²) < 4.78 is 5.33. The Morgan fingerprint density at radius 1 is 1.09 bits per heavy atom. The summed E-state index contributed by atoms with van der Waals surface area (Å²) in [7, 11) is 0. The maximum Gasteiger partial charge on any atom is 0.408 e. The molecule has 1 aromatic rings. The molecule has 0 aromatic heterocycles. The van der Waals surface area contributed by atoms with Crippen LogP contribution in [0.1, 0.15) is 59.4 Å². The summed E-state index contributed by atoms with van der Waals surface area (Å²) in [5.74, 6) is -2.07. The molecule has 3 amide bonds. The molecule has 0 bridgehead atoms. The van der Waals surface area contributed by atoms with Gasteiger partial charge in [-0.1, -0.05) is 50.6 Å². The summed E-state index contributed by atoms with van der Waals surface area (Å²) in [6.07, 6.45) is 1.11. The number of ether oxygens (including phenoxy) is 1. The highest BCUT2D eigenvalue weighted by Gasteiger charge is 2.35. The lowest BCUT2D eigenvalue weighted by molar-refractivity contribution is -0.143. The molecular formula is C26H39N3O6. The smallest absolute Gasteiger partial charge is 0.408 e. The number of amides is 3. The zero-order valence-corrected chi connectivity index (χ0v) is 21.4. The van der Waals surface area contributed by atoms with E-state index in [4.69, 9.17) is 4.74 Å². The van der Waals surface area contributed by atoms with E-state index in [1.165, 1.54) is 0 Å². The van der Waals surface area contributed by atoms with Crippen LogP contribution in [0.4, 0.5) is 4.79 Å². The molecule has 9 heteroatoms. The Morgan fingerprint density at radius 2 is 1.69 bits per heavy atom. The molecule has 1 heterocycles. The molecule has 1 aliphatic rings. The fourth-order valence-corrected chi connectivity index (χ4v) is 4.02. The molecule has 3 N–H and O–H groups in total. The molecule has 194 valence electrons. The second-order valence-corrected chi connectivity index (χ2v) is 10.2. The minimum Gasteiger partial charge on any atom is -0.480 e. The molecule has 35 heavy (non-hydrogen) atoms. The van der Waals surface area contributed by atoms with Crippen LogP contribution in [0.2, 0.25) is 0 Å². The van der Waals surface area contributed by atoms with Crippen molar-refractivity contribution in [3.05, 3.63) is 35.9 Å². The molecule has 0 spiro atoms. The number of carbonyl (C=O) groups excluding carboxylic acids is 3. The quantitative estimate of drug-likeness (QED) is 0.490. The lowest BCUT2D eigenvalue weighted by Gasteiger charge is -2.35. The number of alkyl carbamates (subject to hydrolysis) is 1. The third-order valence-electron chi connectivity index (χ3n) is 6.23. The largest absolute Gasteiger partial charge is 0.480 e. The molecule has 9 nitrogen and oxygen atoms in total. The van der Waals surface area contributed by atoms with Crippen molar-refractivity contribution < 1.29 is 29.0 Å². The zero-order valence-electron chi connectivity index (χ0n) is 21.4. The fourth-order valence-electron chi connectivity index (χ4n) is 4.02. The number of nitrogens with zero attached hydrogens (tertiary/aromatic N) is 1. The fraction of sp³-hybridized carbons (Fsp3) is 0.615. The van der Waals surface area contributed by atoms with Crippen LogP contribution < -0.4 is 10.6 Å². The number of hydrogen-bond donors (Lipinski definition) is 3. The van der Waals surface area contributed by atoms with Crippen molar-refractivity contribution in [2.45, 2.75) is 78.0 Å². The molecule has 0 saturated carbocycles. The SMILES string of the molecule is CCC(C)[C@H](NC(=O)OC(C)(C)C)C(=O)N1CCC(C(=O)N[C@@H](Cc2ccccc2)C(=O)O)CC1. The predicted molar refractivity (Wildman–Crippen MR) is 132 cm³/mol. The minimum absolute atomic E-state index is 0.0923. The van der Waals surface area contributed by atoms with Gasteiger partial charge in [0, 0.05) is 25.4 Å². The first-order chi connectivity index (χ1) is 16.4. The van der Waals surface area contributed by atoms with E-state index < -0.39 is 29.7 Å². The van der Waals surface area contributed by atoms with E-state index in [0.29, 0.717) is 32.4 Å². The first kappa shape index (κ1) is 28.1. The van der Waals surface area contributed by atoms with Crippen molar-refractivity contribution in [3.8, 4) is 0 Å². The summed E-state index contributed by atoms with van der Waals surface area (Å²) >= 11 is 0. The van der Waals surface area contributed by atoms with E-state index >= 15 is 0 Å². The molecule has 0 radical (unpaired) electrons. The van der Waals surface area contributed by atoms with Crippen molar-refractivity contribution >= 4 is 23.9 Å². The van der Waals surface area contributed by atoms with Crippen LogP contribution in [-0.4, -0.2) is 64.7 Å². The Morgan fingerprint density at radius 3 is 2.20 bits per heavy atom. The summed E-state index contributed by atoms with van der Waals surface area (Å²) in [6.45, 7) is 9.85. The second kappa shape index (κ2) is 12.6. The molecule has 1 aromatic carbocycles. The normalized spacial score (nSPS) is 17.1. The van der Waals surface area contributed by atoms with Crippen molar-refractivity contribution in [2.24, 2.45) is 11.8 Å². The van der Waals surface area contributed by atoms with Gasteiger partial charge in [-0.15, -0.1) is 0 Å². The Bertz CT molecular complexity index is 875. The van der Waals surface area contributed by atoms with E-state index in [2.05, 4.69) is 10.6 Å². The number of carbonyl (C=O) groups is 4. The first-order valence-corrected chi connectivity index (χ1v) is 12.3. The van der Waals surface area contributed by atoms with E-state index in [-0.39, 0.29) is 30.1 Å². The number of rotatable bonds is 9. The minimum atomic E-state index is -1.08. The summed E-state index contributed by atoms with van der Waals surface area (Å²) in [5, 5.41) is 14.9. The van der Waals surface area contributed by atoms with Gasteiger partial charge in [-0.25, -0.2) is 9.59 Å². The van der Waals surface area contributed by atoms with Gasteiger partial charge in [-0.2, -0.15) is 0 Å². The van der Waals surface area contributed by atoms with E-state index in [9.17, 15) is 24.3 Å². The average Bonchev–Trinajstić information content (AvgIpc) is 2.80.